The fraction of sp³-hybridized carbons (Fsp3) is 0.444. The summed E-state index contributed by atoms with van der Waals surface area (Å²) in [7, 11) is 0. The molecule has 1 N–H and O–H groups in total. The van der Waals surface area contributed by atoms with E-state index in [1.165, 1.54) is 35.2 Å². The van der Waals surface area contributed by atoms with Gasteiger partial charge >= 0.3 is 0 Å². The highest BCUT2D eigenvalue weighted by Crippen LogP contribution is 2.41. The number of rotatable bonds is 7. The van der Waals surface area contributed by atoms with Gasteiger partial charge in [0.25, 0.3) is 0 Å². The van der Waals surface area contributed by atoms with Crippen molar-refractivity contribution in [3.63, 3.8) is 0 Å². The Labute approximate surface area is 180 Å². The molecule has 4 rings (SSSR count). The number of nitrogens with zero attached hydrogens (tertiary/aromatic N) is 6. The fourth-order valence-corrected chi connectivity index (χ4v) is 5.14. The minimum atomic E-state index is -1.71. The van der Waals surface area contributed by atoms with Gasteiger partial charge in [-0.15, -0.1) is 0 Å². The van der Waals surface area contributed by atoms with Crippen molar-refractivity contribution in [2.45, 2.75) is 29.3 Å². The number of benzene rings is 1. The smallest absolute Gasteiger partial charge is 0.176 e. The molecule has 0 aliphatic carbocycles. The Bertz CT molecular complexity index is 983. The molecule has 30 heavy (non-hydrogen) atoms. The zero-order chi connectivity index (χ0) is 21.1. The Balaban J connectivity index is 1.65. The van der Waals surface area contributed by atoms with Crippen LogP contribution >= 0.6 is 23.5 Å². The molecule has 2 atom stereocenters. The van der Waals surface area contributed by atoms with E-state index in [0.29, 0.717) is 31.3 Å². The second-order valence-electron chi connectivity index (χ2n) is 6.89. The van der Waals surface area contributed by atoms with E-state index in [9.17, 15) is 13.9 Å². The van der Waals surface area contributed by atoms with Crippen LogP contribution in [0.3, 0.4) is 0 Å². The molecule has 3 aromatic rings. The van der Waals surface area contributed by atoms with Gasteiger partial charge < -0.3 is 14.7 Å². The number of thioether (sulfide) groups is 1. The largest absolute Gasteiger partial charge is 0.382 e. The van der Waals surface area contributed by atoms with Gasteiger partial charge in [0.2, 0.25) is 0 Å². The predicted octanol–water partition coefficient (Wildman–Crippen LogP) is 2.31. The molecule has 3 heterocycles. The summed E-state index contributed by atoms with van der Waals surface area (Å²) in [6.07, 6.45) is 2.77. The standard InChI is InChI=1S/C18H20F2N6O2S2/c1-12(29-17-16(23-30-24-17)25-4-6-28-7-5-25)18(27,9-26-11-21-10-22-26)14-3-2-13(19)8-15(14)20/h2-3,8,10-12,27H,4-7,9H2,1H3/t12-,18-/m1/s1. The normalized spacial score (nSPS) is 17.7. The maximum Gasteiger partial charge on any atom is 0.176 e. The second kappa shape index (κ2) is 8.92. The van der Waals surface area contributed by atoms with Crippen LogP contribution in [0, 0.1) is 11.6 Å². The molecule has 1 fully saturated rings. The van der Waals surface area contributed by atoms with Crippen molar-refractivity contribution in [1.29, 1.82) is 0 Å². The van der Waals surface area contributed by atoms with E-state index in [1.807, 2.05) is 0 Å². The number of ether oxygens (including phenoxy) is 1. The first kappa shape index (κ1) is 21.1. The van der Waals surface area contributed by atoms with Crippen molar-refractivity contribution in [3.05, 3.63) is 48.1 Å². The van der Waals surface area contributed by atoms with Crippen molar-refractivity contribution in [2.24, 2.45) is 0 Å². The number of hydrogen-bond acceptors (Lipinski definition) is 9. The maximum atomic E-state index is 14.7. The van der Waals surface area contributed by atoms with E-state index in [4.69, 9.17) is 4.74 Å². The van der Waals surface area contributed by atoms with Crippen LogP contribution in [-0.4, -0.2) is 60.2 Å². The molecule has 8 nitrogen and oxygen atoms in total. The number of aromatic nitrogens is 5. The van der Waals surface area contributed by atoms with Crippen molar-refractivity contribution in [1.82, 2.24) is 23.5 Å². The molecule has 0 unspecified atom stereocenters. The highest BCUT2D eigenvalue weighted by molar-refractivity contribution is 8.00. The molecule has 0 spiro atoms. The number of anilines is 1. The minimum absolute atomic E-state index is 0.0180. The lowest BCUT2D eigenvalue weighted by atomic mass is 9.90. The Kier molecular flexibility index (Phi) is 6.27. The number of morpholine rings is 1. The molecule has 0 bridgehead atoms. The summed E-state index contributed by atoms with van der Waals surface area (Å²) in [4.78, 5) is 5.97. The van der Waals surface area contributed by atoms with E-state index in [1.54, 1.807) is 6.92 Å². The average molecular weight is 455 g/mol. The summed E-state index contributed by atoms with van der Waals surface area (Å²) in [5, 5.41) is 15.8. The number of halogens is 2. The molecular formula is C18H20F2N6O2S2. The number of aliphatic hydroxyl groups is 1. The van der Waals surface area contributed by atoms with Crippen LogP contribution in [-0.2, 0) is 16.9 Å². The summed E-state index contributed by atoms with van der Waals surface area (Å²) in [5.41, 5.74) is -1.72. The van der Waals surface area contributed by atoms with E-state index >= 15 is 0 Å². The lowest BCUT2D eigenvalue weighted by molar-refractivity contribution is 0.0133. The quantitative estimate of drug-likeness (QED) is 0.544. The van der Waals surface area contributed by atoms with Gasteiger partial charge in [0, 0.05) is 30.0 Å². The predicted molar refractivity (Wildman–Crippen MR) is 109 cm³/mol. The van der Waals surface area contributed by atoms with Crippen molar-refractivity contribution in [2.75, 3.05) is 31.2 Å². The van der Waals surface area contributed by atoms with Crippen LogP contribution in [0.4, 0.5) is 14.6 Å². The molecule has 160 valence electrons. The zero-order valence-corrected chi connectivity index (χ0v) is 17.7. The monoisotopic (exact) mass is 454 g/mol. The van der Waals surface area contributed by atoms with E-state index in [-0.39, 0.29) is 12.1 Å². The first-order chi connectivity index (χ1) is 14.5. The lowest BCUT2D eigenvalue weighted by Gasteiger charge is -2.34. The fourth-order valence-electron chi connectivity index (χ4n) is 3.32. The van der Waals surface area contributed by atoms with Crippen LogP contribution < -0.4 is 4.90 Å². The molecule has 0 saturated carbocycles. The third-order valence-electron chi connectivity index (χ3n) is 4.98. The molecule has 0 radical (unpaired) electrons. The van der Waals surface area contributed by atoms with Gasteiger partial charge in [0.15, 0.2) is 10.8 Å². The van der Waals surface area contributed by atoms with E-state index in [0.717, 1.165) is 29.7 Å². The van der Waals surface area contributed by atoms with Gasteiger partial charge in [-0.05, 0) is 13.0 Å². The summed E-state index contributed by atoms with van der Waals surface area (Å²) < 4.78 is 43.8. The van der Waals surface area contributed by atoms with Gasteiger partial charge in [0.1, 0.15) is 29.9 Å². The average Bonchev–Trinajstić information content (AvgIpc) is 3.40. The van der Waals surface area contributed by atoms with Crippen LogP contribution in [0.15, 0.2) is 35.9 Å². The zero-order valence-electron chi connectivity index (χ0n) is 16.1. The van der Waals surface area contributed by atoms with Crippen molar-refractivity contribution in [3.8, 4) is 0 Å². The second-order valence-corrected chi connectivity index (χ2v) is 8.75. The topological polar surface area (TPSA) is 89.2 Å². The first-order valence-electron chi connectivity index (χ1n) is 9.29. The van der Waals surface area contributed by atoms with Crippen molar-refractivity contribution < 1.29 is 18.6 Å². The highest BCUT2D eigenvalue weighted by atomic mass is 32.2. The minimum Gasteiger partial charge on any atom is -0.382 e. The number of hydrogen-bond donors (Lipinski definition) is 1. The van der Waals surface area contributed by atoms with Crippen LogP contribution in [0.25, 0.3) is 0 Å². The van der Waals surface area contributed by atoms with E-state index in [2.05, 4.69) is 23.7 Å². The Morgan fingerprint density at radius 2 is 2.10 bits per heavy atom. The van der Waals surface area contributed by atoms with Gasteiger partial charge in [-0.2, -0.15) is 13.8 Å². The molecular weight excluding hydrogens is 434 g/mol. The Morgan fingerprint density at radius 1 is 1.30 bits per heavy atom. The van der Waals surface area contributed by atoms with Crippen LogP contribution in [0.1, 0.15) is 12.5 Å². The molecule has 12 heteroatoms. The molecule has 2 aromatic heterocycles. The highest BCUT2D eigenvalue weighted by Gasteiger charge is 2.41. The third-order valence-corrected chi connectivity index (χ3v) is 6.86. The third kappa shape index (κ3) is 4.31. The molecule has 1 aliphatic heterocycles. The summed E-state index contributed by atoms with van der Waals surface area (Å²) in [5.74, 6) is -0.810. The van der Waals surface area contributed by atoms with Crippen LogP contribution in [0.2, 0.25) is 0 Å². The Hall–Kier alpha value is -2.15. The van der Waals surface area contributed by atoms with Gasteiger partial charge in [-0.25, -0.2) is 18.4 Å². The van der Waals surface area contributed by atoms with Gasteiger partial charge in [-0.1, -0.05) is 17.8 Å². The molecule has 1 saturated heterocycles. The molecule has 1 aromatic carbocycles. The van der Waals surface area contributed by atoms with Crippen molar-refractivity contribution >= 4 is 29.3 Å². The van der Waals surface area contributed by atoms with Crippen LogP contribution in [0.5, 0.6) is 0 Å². The SMILES string of the molecule is C[C@@H](Sc1nsnc1N1CCOCC1)[C@](O)(Cn1cncn1)c1ccc(F)cc1F. The molecule has 1 aliphatic rings. The summed E-state index contributed by atoms with van der Waals surface area (Å²) in [6, 6.07) is 3.16. The maximum absolute atomic E-state index is 14.7. The van der Waals surface area contributed by atoms with Gasteiger partial charge in [-0.3, -0.25) is 0 Å². The first-order valence-corrected chi connectivity index (χ1v) is 10.9. The van der Waals surface area contributed by atoms with Gasteiger partial charge in [0.05, 0.1) is 31.5 Å². The van der Waals surface area contributed by atoms with E-state index < -0.39 is 22.5 Å². The Morgan fingerprint density at radius 3 is 2.80 bits per heavy atom. The lowest BCUT2D eigenvalue weighted by Crippen LogP contribution is -2.41. The molecule has 0 amide bonds. The summed E-state index contributed by atoms with van der Waals surface area (Å²) >= 11 is 2.37. The summed E-state index contributed by atoms with van der Waals surface area (Å²) in [6.45, 7) is 4.32.